The Morgan fingerprint density at radius 3 is 2.25 bits per heavy atom. The molecule has 1 aliphatic rings. The zero-order valence-electron chi connectivity index (χ0n) is 13.4. The molecule has 0 bridgehead atoms. The summed E-state index contributed by atoms with van der Waals surface area (Å²) in [6, 6.07) is 11.0. The molecule has 2 aromatic rings. The van der Waals surface area contributed by atoms with Crippen molar-refractivity contribution in [2.45, 2.75) is 44.9 Å². The molecule has 1 fully saturated rings. The second-order valence-electron chi connectivity index (χ2n) is 6.41. The Morgan fingerprint density at radius 1 is 1.00 bits per heavy atom. The average Bonchev–Trinajstić information content (AvgIpc) is 2.54. The third-order valence-corrected chi connectivity index (χ3v) is 4.66. The van der Waals surface area contributed by atoms with Crippen LogP contribution in [0.15, 0.2) is 36.4 Å². The van der Waals surface area contributed by atoms with Crippen LogP contribution in [0.2, 0.25) is 0 Å². The molecule has 5 heteroatoms. The summed E-state index contributed by atoms with van der Waals surface area (Å²) in [5.41, 5.74) is 0.654. The zero-order valence-corrected chi connectivity index (χ0v) is 13.4. The standard InChI is InChI=1S/C19H19F3O2/c1-12(23)13-2-3-15-11-18(7-4-14(15)10-13)24-17-8-5-16(6-9-17)19(20,21)22/h2-4,7,10-11,16-17H,5-6,8-9H2,1H3. The predicted octanol–water partition coefficient (Wildman–Crippen LogP) is 5.54. The van der Waals surface area contributed by atoms with Gasteiger partial charge < -0.3 is 4.74 Å². The van der Waals surface area contributed by atoms with Crippen LogP contribution in [0.4, 0.5) is 13.2 Å². The van der Waals surface area contributed by atoms with Crippen LogP contribution >= 0.6 is 0 Å². The molecule has 2 aromatic carbocycles. The molecule has 0 spiro atoms. The van der Waals surface area contributed by atoms with Crippen molar-refractivity contribution in [3.8, 4) is 5.75 Å². The van der Waals surface area contributed by atoms with Gasteiger partial charge >= 0.3 is 6.18 Å². The van der Waals surface area contributed by atoms with Crippen molar-refractivity contribution in [1.29, 1.82) is 0 Å². The number of Topliss-reactive ketones (excluding diaryl/α,β-unsaturated/α-hetero) is 1. The van der Waals surface area contributed by atoms with Crippen molar-refractivity contribution in [1.82, 2.24) is 0 Å². The van der Waals surface area contributed by atoms with Gasteiger partial charge in [0.1, 0.15) is 5.75 Å². The van der Waals surface area contributed by atoms with Gasteiger partial charge in [0.05, 0.1) is 12.0 Å². The molecule has 1 saturated carbocycles. The van der Waals surface area contributed by atoms with E-state index in [-0.39, 0.29) is 24.7 Å². The van der Waals surface area contributed by atoms with Gasteiger partial charge in [0, 0.05) is 5.56 Å². The van der Waals surface area contributed by atoms with Crippen molar-refractivity contribution in [2.75, 3.05) is 0 Å². The first-order valence-corrected chi connectivity index (χ1v) is 8.11. The first-order valence-electron chi connectivity index (χ1n) is 8.11. The van der Waals surface area contributed by atoms with E-state index >= 15 is 0 Å². The van der Waals surface area contributed by atoms with Gasteiger partial charge in [-0.15, -0.1) is 0 Å². The highest BCUT2D eigenvalue weighted by molar-refractivity contribution is 5.98. The van der Waals surface area contributed by atoms with E-state index in [1.807, 2.05) is 30.3 Å². The van der Waals surface area contributed by atoms with Crippen LogP contribution in [0.1, 0.15) is 43.0 Å². The van der Waals surface area contributed by atoms with Crippen LogP contribution < -0.4 is 4.74 Å². The number of hydrogen-bond donors (Lipinski definition) is 0. The maximum Gasteiger partial charge on any atom is 0.391 e. The maximum atomic E-state index is 12.7. The summed E-state index contributed by atoms with van der Waals surface area (Å²) in [4.78, 5) is 11.4. The molecule has 0 N–H and O–H groups in total. The van der Waals surface area contributed by atoms with E-state index in [1.54, 1.807) is 6.07 Å². The molecule has 0 aromatic heterocycles. The summed E-state index contributed by atoms with van der Waals surface area (Å²) in [6.45, 7) is 1.52. The topological polar surface area (TPSA) is 26.3 Å². The van der Waals surface area contributed by atoms with E-state index in [0.29, 0.717) is 24.2 Å². The van der Waals surface area contributed by atoms with Crippen molar-refractivity contribution in [3.63, 3.8) is 0 Å². The minimum Gasteiger partial charge on any atom is -0.490 e. The highest BCUT2D eigenvalue weighted by Crippen LogP contribution is 2.38. The summed E-state index contributed by atoms with van der Waals surface area (Å²) in [5, 5.41) is 1.89. The normalized spacial score (nSPS) is 21.7. The van der Waals surface area contributed by atoms with Crippen LogP contribution in [0.3, 0.4) is 0 Å². The van der Waals surface area contributed by atoms with Gasteiger partial charge in [-0.05, 0) is 61.6 Å². The monoisotopic (exact) mass is 336 g/mol. The van der Waals surface area contributed by atoms with E-state index in [1.165, 1.54) is 6.92 Å². The fraction of sp³-hybridized carbons (Fsp3) is 0.421. The van der Waals surface area contributed by atoms with Gasteiger partial charge in [-0.1, -0.05) is 18.2 Å². The molecule has 128 valence electrons. The van der Waals surface area contributed by atoms with Crippen LogP contribution in [0.5, 0.6) is 5.75 Å². The third-order valence-electron chi connectivity index (χ3n) is 4.66. The molecular weight excluding hydrogens is 317 g/mol. The number of alkyl halides is 3. The first kappa shape index (κ1) is 16.8. The zero-order chi connectivity index (χ0) is 17.3. The quantitative estimate of drug-likeness (QED) is 0.688. The van der Waals surface area contributed by atoms with Crippen LogP contribution in [-0.2, 0) is 0 Å². The summed E-state index contributed by atoms with van der Waals surface area (Å²) in [6.07, 6.45) is -3.16. The van der Waals surface area contributed by atoms with Crippen molar-refractivity contribution < 1.29 is 22.7 Å². The van der Waals surface area contributed by atoms with E-state index in [4.69, 9.17) is 4.74 Å². The molecule has 24 heavy (non-hydrogen) atoms. The van der Waals surface area contributed by atoms with Crippen molar-refractivity contribution >= 4 is 16.6 Å². The number of benzene rings is 2. The number of ketones is 1. The second kappa shape index (κ2) is 6.46. The Kier molecular flexibility index (Phi) is 4.52. The molecule has 2 nitrogen and oxygen atoms in total. The van der Waals surface area contributed by atoms with Gasteiger partial charge in [-0.2, -0.15) is 13.2 Å². The second-order valence-corrected chi connectivity index (χ2v) is 6.41. The molecule has 3 rings (SSSR count). The Hall–Kier alpha value is -2.04. The molecule has 0 amide bonds. The highest BCUT2D eigenvalue weighted by Gasteiger charge is 2.41. The minimum absolute atomic E-state index is 0.0126. The van der Waals surface area contributed by atoms with E-state index in [9.17, 15) is 18.0 Å². The SMILES string of the molecule is CC(=O)c1ccc2cc(OC3CCC(C(F)(F)F)CC3)ccc2c1. The van der Waals surface area contributed by atoms with Gasteiger partial charge in [0.25, 0.3) is 0 Å². The van der Waals surface area contributed by atoms with Crippen molar-refractivity contribution in [2.24, 2.45) is 5.92 Å². The Morgan fingerprint density at radius 2 is 1.62 bits per heavy atom. The van der Waals surface area contributed by atoms with E-state index in [0.717, 1.165) is 10.8 Å². The Balaban J connectivity index is 1.68. The molecule has 0 heterocycles. The lowest BCUT2D eigenvalue weighted by Gasteiger charge is -2.30. The van der Waals surface area contributed by atoms with Crippen LogP contribution in [-0.4, -0.2) is 18.1 Å². The summed E-state index contributed by atoms with van der Waals surface area (Å²) < 4.78 is 44.0. The molecule has 0 unspecified atom stereocenters. The molecule has 1 aliphatic carbocycles. The van der Waals surface area contributed by atoms with Gasteiger partial charge in [-0.3, -0.25) is 4.79 Å². The number of rotatable bonds is 3. The molecule has 0 saturated heterocycles. The number of halogens is 3. The largest absolute Gasteiger partial charge is 0.490 e. The Labute approximate surface area is 138 Å². The number of hydrogen-bond acceptors (Lipinski definition) is 2. The van der Waals surface area contributed by atoms with Crippen LogP contribution in [0.25, 0.3) is 10.8 Å². The lowest BCUT2D eigenvalue weighted by Crippen LogP contribution is -2.31. The van der Waals surface area contributed by atoms with Gasteiger partial charge in [0.15, 0.2) is 5.78 Å². The number of fused-ring (bicyclic) bond motifs is 1. The number of carbonyl (C=O) groups excluding carboxylic acids is 1. The lowest BCUT2D eigenvalue weighted by molar-refractivity contribution is -0.185. The summed E-state index contributed by atoms with van der Waals surface area (Å²) in [7, 11) is 0. The minimum atomic E-state index is -4.09. The number of ether oxygens (including phenoxy) is 1. The van der Waals surface area contributed by atoms with E-state index < -0.39 is 12.1 Å². The number of carbonyl (C=O) groups is 1. The van der Waals surface area contributed by atoms with Crippen molar-refractivity contribution in [3.05, 3.63) is 42.0 Å². The molecular formula is C19H19F3O2. The summed E-state index contributed by atoms with van der Waals surface area (Å²) in [5.74, 6) is -0.522. The fourth-order valence-corrected chi connectivity index (χ4v) is 3.22. The Bertz CT molecular complexity index is 744. The molecule has 0 atom stereocenters. The smallest absolute Gasteiger partial charge is 0.391 e. The maximum absolute atomic E-state index is 12.7. The average molecular weight is 336 g/mol. The molecule has 0 radical (unpaired) electrons. The molecule has 0 aliphatic heterocycles. The van der Waals surface area contributed by atoms with E-state index in [2.05, 4.69) is 0 Å². The fourth-order valence-electron chi connectivity index (χ4n) is 3.22. The van der Waals surface area contributed by atoms with Gasteiger partial charge in [0.2, 0.25) is 0 Å². The highest BCUT2D eigenvalue weighted by atomic mass is 19.4. The first-order chi connectivity index (χ1) is 11.3. The predicted molar refractivity (Wildman–Crippen MR) is 86.4 cm³/mol. The van der Waals surface area contributed by atoms with Gasteiger partial charge in [-0.25, -0.2) is 0 Å². The lowest BCUT2D eigenvalue weighted by atomic mass is 9.87. The van der Waals surface area contributed by atoms with Crippen LogP contribution in [0, 0.1) is 5.92 Å². The third kappa shape index (κ3) is 3.71. The summed E-state index contributed by atoms with van der Waals surface area (Å²) >= 11 is 0.